The Kier molecular flexibility index (Phi) is 9.49. The van der Waals surface area contributed by atoms with E-state index >= 15 is 0 Å². The zero-order chi connectivity index (χ0) is 24.9. The van der Waals surface area contributed by atoms with Gasteiger partial charge in [-0.2, -0.15) is 39.2 Å². The molecule has 0 saturated heterocycles. The number of hydrogen-bond acceptors (Lipinski definition) is 6. The highest BCUT2D eigenvalue weighted by Gasteiger charge is 2.68. The average molecular weight is 491 g/mol. The fourth-order valence-electron chi connectivity index (χ4n) is 2.14. The lowest BCUT2D eigenvalue weighted by Gasteiger charge is -2.36. The van der Waals surface area contributed by atoms with E-state index in [9.17, 15) is 48.7 Å². The predicted molar refractivity (Wildman–Crippen MR) is 89.6 cm³/mol. The molecule has 0 aliphatic carbocycles. The zero-order valence-corrected chi connectivity index (χ0v) is 17.0. The van der Waals surface area contributed by atoms with Gasteiger partial charge in [0, 0.05) is 25.6 Å². The molecule has 31 heavy (non-hydrogen) atoms. The van der Waals surface area contributed by atoms with Crippen molar-refractivity contribution >= 4 is 22.0 Å². The fraction of sp³-hybridized carbons (Fsp3) is 0.733. The summed E-state index contributed by atoms with van der Waals surface area (Å²) < 4.78 is 132. The number of hydrogen-bond donors (Lipinski definition) is 1. The molecule has 0 saturated carbocycles. The molecule has 0 heterocycles. The number of nitrogens with zero attached hydrogens (tertiary/aromatic N) is 1. The van der Waals surface area contributed by atoms with E-state index in [0.29, 0.717) is 4.90 Å². The molecular weight excluding hydrogens is 471 g/mol. The number of halogens is 7. The van der Waals surface area contributed by atoms with Gasteiger partial charge in [0.2, 0.25) is 0 Å². The van der Waals surface area contributed by atoms with Crippen LogP contribution in [-0.4, -0.2) is 72.6 Å². The molecule has 8 nitrogen and oxygen atoms in total. The standard InChI is InChI=1S/C15H20F7NO7S/c1-4-10(24)30-13(14(18,19)20,11(25)23(5-2)6-3)29-9-7-8-12(16,17)15(21,22)31(26,27)28/h4H,1,5-9H2,2-3H3,(H,26,27,28). The first-order valence-corrected chi connectivity index (χ1v) is 9.86. The van der Waals surface area contributed by atoms with Crippen LogP contribution < -0.4 is 0 Å². The number of amides is 1. The van der Waals surface area contributed by atoms with Crippen molar-refractivity contribution < 1.29 is 62.8 Å². The number of likely N-dealkylation sites (N-methyl/N-ethyl adjacent to an activating group) is 1. The quantitative estimate of drug-likeness (QED) is 0.112. The summed E-state index contributed by atoms with van der Waals surface area (Å²) in [6, 6.07) is 0. The summed E-state index contributed by atoms with van der Waals surface area (Å²) >= 11 is 0. The third-order valence-electron chi connectivity index (χ3n) is 3.81. The molecule has 0 spiro atoms. The molecule has 1 atom stereocenters. The smallest absolute Gasteiger partial charge is 0.412 e. The molecule has 0 aliphatic rings. The van der Waals surface area contributed by atoms with Crippen molar-refractivity contribution in [3.05, 3.63) is 12.7 Å². The Labute approximate surface area is 172 Å². The summed E-state index contributed by atoms with van der Waals surface area (Å²) in [5.74, 6) is -13.4. The molecule has 0 aliphatic heterocycles. The van der Waals surface area contributed by atoms with E-state index in [-0.39, 0.29) is 19.2 Å². The summed E-state index contributed by atoms with van der Waals surface area (Å²) in [6.45, 7) is 3.31. The molecule has 182 valence electrons. The van der Waals surface area contributed by atoms with Crippen LogP contribution in [0.25, 0.3) is 0 Å². The highest BCUT2D eigenvalue weighted by Crippen LogP contribution is 2.42. The van der Waals surface area contributed by atoms with Gasteiger partial charge in [-0.3, -0.25) is 9.35 Å². The van der Waals surface area contributed by atoms with Crippen LogP contribution >= 0.6 is 0 Å². The molecular formula is C15H20F7NO7S. The van der Waals surface area contributed by atoms with Crippen LogP contribution in [0.1, 0.15) is 26.7 Å². The molecule has 0 fully saturated rings. The van der Waals surface area contributed by atoms with Gasteiger partial charge in [-0.25, -0.2) is 4.79 Å². The predicted octanol–water partition coefficient (Wildman–Crippen LogP) is 2.76. The maximum absolute atomic E-state index is 13.7. The monoisotopic (exact) mass is 491 g/mol. The lowest BCUT2D eigenvalue weighted by molar-refractivity contribution is -0.350. The molecule has 0 rings (SSSR count). The SMILES string of the molecule is C=CC(=O)OC(OCCCC(F)(F)C(F)(F)S(=O)(=O)O)(C(=O)N(CC)CC)C(F)(F)F. The van der Waals surface area contributed by atoms with Crippen molar-refractivity contribution in [2.75, 3.05) is 19.7 Å². The molecule has 0 aromatic rings. The van der Waals surface area contributed by atoms with Crippen molar-refractivity contribution in [1.82, 2.24) is 4.90 Å². The van der Waals surface area contributed by atoms with E-state index in [1.165, 1.54) is 13.8 Å². The molecule has 1 N–H and O–H groups in total. The Hall–Kier alpha value is -1.94. The fourth-order valence-corrected chi connectivity index (χ4v) is 2.62. The van der Waals surface area contributed by atoms with Crippen LogP contribution in [0.4, 0.5) is 30.7 Å². The third-order valence-corrected chi connectivity index (χ3v) is 4.75. The molecule has 0 aromatic carbocycles. The van der Waals surface area contributed by atoms with Crippen LogP contribution in [0.5, 0.6) is 0 Å². The highest BCUT2D eigenvalue weighted by atomic mass is 32.2. The van der Waals surface area contributed by atoms with Gasteiger partial charge < -0.3 is 14.4 Å². The van der Waals surface area contributed by atoms with Crippen LogP contribution in [0.3, 0.4) is 0 Å². The number of alkyl halides is 7. The minimum atomic E-state index is -6.54. The van der Waals surface area contributed by atoms with Crippen LogP contribution in [-0.2, 0) is 29.2 Å². The first kappa shape index (κ1) is 29.1. The van der Waals surface area contributed by atoms with Gasteiger partial charge in [-0.05, 0) is 20.3 Å². The largest absolute Gasteiger partial charge is 0.466 e. The second-order valence-electron chi connectivity index (χ2n) is 5.87. The summed E-state index contributed by atoms with van der Waals surface area (Å²) in [7, 11) is -6.54. The Balaban J connectivity index is 5.83. The van der Waals surface area contributed by atoms with E-state index in [1.807, 2.05) is 0 Å². The maximum atomic E-state index is 13.7. The molecule has 0 radical (unpaired) electrons. The molecule has 0 bridgehead atoms. The molecule has 1 amide bonds. The van der Waals surface area contributed by atoms with Gasteiger partial charge in [-0.1, -0.05) is 6.58 Å². The highest BCUT2D eigenvalue weighted by molar-refractivity contribution is 7.87. The van der Waals surface area contributed by atoms with E-state index in [4.69, 9.17) is 4.55 Å². The lowest BCUT2D eigenvalue weighted by atomic mass is 10.1. The van der Waals surface area contributed by atoms with Crippen molar-refractivity contribution in [3.63, 3.8) is 0 Å². The maximum Gasteiger partial charge on any atom is 0.466 e. The normalized spacial score (nSPS) is 15.2. The summed E-state index contributed by atoms with van der Waals surface area (Å²) in [5, 5.41) is -5.94. The van der Waals surface area contributed by atoms with Crippen LogP contribution in [0.2, 0.25) is 0 Å². The van der Waals surface area contributed by atoms with Crippen molar-refractivity contribution in [2.45, 2.75) is 49.8 Å². The number of esters is 1. The molecule has 16 heteroatoms. The van der Waals surface area contributed by atoms with Gasteiger partial charge >= 0.3 is 45.1 Å². The first-order valence-electron chi connectivity index (χ1n) is 8.42. The van der Waals surface area contributed by atoms with Crippen LogP contribution in [0.15, 0.2) is 12.7 Å². The zero-order valence-electron chi connectivity index (χ0n) is 16.2. The Morgan fingerprint density at radius 2 is 1.55 bits per heavy atom. The minimum absolute atomic E-state index is 0.264. The summed E-state index contributed by atoms with van der Waals surface area (Å²) in [5.41, 5.74) is 0. The Bertz CT molecular complexity index is 766. The number of carbonyl (C=O) groups excluding carboxylic acids is 2. The summed E-state index contributed by atoms with van der Waals surface area (Å²) in [6.07, 6.45) is -8.89. The van der Waals surface area contributed by atoms with E-state index < -0.39 is 64.6 Å². The van der Waals surface area contributed by atoms with E-state index in [2.05, 4.69) is 16.1 Å². The minimum Gasteiger partial charge on any atom is -0.412 e. The van der Waals surface area contributed by atoms with Crippen LogP contribution in [0, 0.1) is 0 Å². The average Bonchev–Trinajstić information content (AvgIpc) is 2.62. The first-order chi connectivity index (χ1) is 13.8. The van der Waals surface area contributed by atoms with Crippen molar-refractivity contribution in [1.29, 1.82) is 0 Å². The van der Waals surface area contributed by atoms with E-state index in [0.717, 1.165) is 0 Å². The third kappa shape index (κ3) is 6.29. The van der Waals surface area contributed by atoms with Crippen molar-refractivity contribution in [3.8, 4) is 0 Å². The number of carbonyl (C=O) groups is 2. The molecule has 1 unspecified atom stereocenters. The number of ether oxygens (including phenoxy) is 2. The second-order valence-corrected chi connectivity index (χ2v) is 7.33. The number of rotatable bonds is 12. The lowest BCUT2D eigenvalue weighted by Crippen LogP contribution is -2.62. The topological polar surface area (TPSA) is 110 Å². The van der Waals surface area contributed by atoms with E-state index in [1.54, 1.807) is 0 Å². The van der Waals surface area contributed by atoms with Gasteiger partial charge in [0.1, 0.15) is 0 Å². The second kappa shape index (κ2) is 10.1. The van der Waals surface area contributed by atoms with Gasteiger partial charge in [0.25, 0.3) is 0 Å². The summed E-state index contributed by atoms with van der Waals surface area (Å²) in [4.78, 5) is 24.3. The van der Waals surface area contributed by atoms with Gasteiger partial charge in [0.15, 0.2) is 0 Å². The van der Waals surface area contributed by atoms with Crippen molar-refractivity contribution in [2.24, 2.45) is 0 Å². The van der Waals surface area contributed by atoms with Gasteiger partial charge in [-0.15, -0.1) is 0 Å². The molecule has 0 aromatic heterocycles. The Morgan fingerprint density at radius 3 is 1.90 bits per heavy atom. The Morgan fingerprint density at radius 1 is 1.06 bits per heavy atom. The van der Waals surface area contributed by atoms with Gasteiger partial charge in [0.05, 0.1) is 6.61 Å².